The van der Waals surface area contributed by atoms with Crippen LogP contribution in [0.1, 0.15) is 18.4 Å². The molecule has 0 spiro atoms. The van der Waals surface area contributed by atoms with Gasteiger partial charge in [-0.3, -0.25) is 4.79 Å². The van der Waals surface area contributed by atoms with Gasteiger partial charge in [0.05, 0.1) is 5.75 Å². The minimum absolute atomic E-state index is 0.142. The number of amides is 1. The standard InChI is InChI=1S/C13H14ClN3O2S/c1-3-12-16-17-13(19-12)20-7-11(18)15-10-6-9(14)5-4-8(10)2/h4-6H,3,7H2,1-2H3,(H,15,18). The SMILES string of the molecule is CCc1nnc(SCC(=O)Nc2cc(Cl)ccc2C)o1. The average molecular weight is 312 g/mol. The van der Waals surface area contributed by atoms with Crippen LogP contribution in [0, 0.1) is 6.92 Å². The maximum absolute atomic E-state index is 11.9. The van der Waals surface area contributed by atoms with Gasteiger partial charge in [0.2, 0.25) is 11.8 Å². The molecule has 1 aromatic carbocycles. The Hall–Kier alpha value is -1.53. The van der Waals surface area contributed by atoms with Crippen molar-refractivity contribution in [2.24, 2.45) is 0 Å². The van der Waals surface area contributed by atoms with Crippen LogP contribution in [-0.2, 0) is 11.2 Å². The Kier molecular flexibility index (Phi) is 5.03. The van der Waals surface area contributed by atoms with E-state index in [0.717, 1.165) is 5.56 Å². The third-order valence-corrected chi connectivity index (χ3v) is 3.60. The molecule has 0 aliphatic heterocycles. The molecule has 5 nitrogen and oxygen atoms in total. The quantitative estimate of drug-likeness (QED) is 0.858. The molecule has 1 heterocycles. The largest absolute Gasteiger partial charge is 0.416 e. The predicted octanol–water partition coefficient (Wildman–Crippen LogP) is 3.32. The number of aromatic nitrogens is 2. The number of rotatable bonds is 5. The Bertz CT molecular complexity index is 615. The molecule has 0 atom stereocenters. The zero-order chi connectivity index (χ0) is 14.5. The first-order chi connectivity index (χ1) is 9.58. The summed E-state index contributed by atoms with van der Waals surface area (Å²) in [6, 6.07) is 5.37. The van der Waals surface area contributed by atoms with Gasteiger partial charge in [0, 0.05) is 17.1 Å². The van der Waals surface area contributed by atoms with Gasteiger partial charge in [0.25, 0.3) is 5.22 Å². The zero-order valence-electron chi connectivity index (χ0n) is 11.1. The van der Waals surface area contributed by atoms with Crippen molar-refractivity contribution in [3.05, 3.63) is 34.7 Å². The number of anilines is 1. The molecule has 20 heavy (non-hydrogen) atoms. The second-order valence-electron chi connectivity index (χ2n) is 4.11. The number of thioether (sulfide) groups is 1. The highest BCUT2D eigenvalue weighted by molar-refractivity contribution is 7.99. The van der Waals surface area contributed by atoms with Crippen LogP contribution in [0.2, 0.25) is 5.02 Å². The first-order valence-electron chi connectivity index (χ1n) is 6.09. The number of aryl methyl sites for hydroxylation is 2. The number of carbonyl (C=O) groups is 1. The second-order valence-corrected chi connectivity index (χ2v) is 5.47. The monoisotopic (exact) mass is 311 g/mol. The Labute approximate surface area is 126 Å². The lowest BCUT2D eigenvalue weighted by atomic mass is 10.2. The third kappa shape index (κ3) is 3.98. The van der Waals surface area contributed by atoms with E-state index in [1.165, 1.54) is 11.8 Å². The Balaban J connectivity index is 1.90. The van der Waals surface area contributed by atoms with E-state index in [9.17, 15) is 4.79 Å². The molecule has 0 saturated heterocycles. The lowest BCUT2D eigenvalue weighted by Gasteiger charge is -2.07. The van der Waals surface area contributed by atoms with Crippen LogP contribution in [0.4, 0.5) is 5.69 Å². The highest BCUT2D eigenvalue weighted by Gasteiger charge is 2.10. The fraction of sp³-hybridized carbons (Fsp3) is 0.308. The number of carbonyl (C=O) groups excluding carboxylic acids is 1. The number of hydrogen-bond donors (Lipinski definition) is 1. The van der Waals surface area contributed by atoms with Crippen molar-refractivity contribution >= 4 is 35.0 Å². The van der Waals surface area contributed by atoms with Gasteiger partial charge in [-0.05, 0) is 24.6 Å². The average Bonchev–Trinajstić information content (AvgIpc) is 2.89. The first-order valence-corrected chi connectivity index (χ1v) is 7.46. The summed E-state index contributed by atoms with van der Waals surface area (Å²) in [6.07, 6.45) is 0.682. The van der Waals surface area contributed by atoms with Crippen LogP contribution in [0.15, 0.2) is 27.8 Å². The van der Waals surface area contributed by atoms with Crippen LogP contribution in [0.5, 0.6) is 0 Å². The van der Waals surface area contributed by atoms with Crippen molar-refractivity contribution in [1.29, 1.82) is 0 Å². The van der Waals surface area contributed by atoms with Gasteiger partial charge >= 0.3 is 0 Å². The van der Waals surface area contributed by atoms with Gasteiger partial charge in [-0.15, -0.1) is 10.2 Å². The fourth-order valence-corrected chi connectivity index (χ4v) is 2.23. The topological polar surface area (TPSA) is 68.0 Å². The summed E-state index contributed by atoms with van der Waals surface area (Å²) in [7, 11) is 0. The van der Waals surface area contributed by atoms with Gasteiger partial charge in [-0.25, -0.2) is 0 Å². The molecule has 0 saturated carbocycles. The number of hydrogen-bond acceptors (Lipinski definition) is 5. The van der Waals surface area contributed by atoms with Gasteiger partial charge in [-0.1, -0.05) is 36.4 Å². The highest BCUT2D eigenvalue weighted by atomic mass is 35.5. The summed E-state index contributed by atoms with van der Waals surface area (Å²) in [5.74, 6) is 0.632. The molecular weight excluding hydrogens is 298 g/mol. The van der Waals surface area contributed by atoms with Crippen molar-refractivity contribution in [3.8, 4) is 0 Å². The second kappa shape index (κ2) is 6.76. The maximum atomic E-state index is 11.9. The van der Waals surface area contributed by atoms with Gasteiger partial charge in [0.1, 0.15) is 0 Å². The van der Waals surface area contributed by atoms with Gasteiger partial charge < -0.3 is 9.73 Å². The highest BCUT2D eigenvalue weighted by Crippen LogP contribution is 2.21. The summed E-state index contributed by atoms with van der Waals surface area (Å²) < 4.78 is 5.32. The van der Waals surface area contributed by atoms with Crippen molar-refractivity contribution < 1.29 is 9.21 Å². The van der Waals surface area contributed by atoms with E-state index in [1.807, 2.05) is 19.9 Å². The van der Waals surface area contributed by atoms with E-state index in [2.05, 4.69) is 15.5 Å². The number of nitrogens with zero attached hydrogens (tertiary/aromatic N) is 2. The molecule has 0 aliphatic rings. The normalized spacial score (nSPS) is 10.6. The van der Waals surface area contributed by atoms with Gasteiger partial charge in [-0.2, -0.15) is 0 Å². The maximum Gasteiger partial charge on any atom is 0.277 e. The van der Waals surface area contributed by atoms with E-state index in [4.69, 9.17) is 16.0 Å². The molecule has 0 fully saturated rings. The lowest BCUT2D eigenvalue weighted by Crippen LogP contribution is -2.14. The molecule has 0 radical (unpaired) electrons. The number of benzene rings is 1. The molecular formula is C13H14ClN3O2S. The summed E-state index contributed by atoms with van der Waals surface area (Å²) in [5.41, 5.74) is 1.67. The van der Waals surface area contributed by atoms with Crippen LogP contribution in [0.3, 0.4) is 0 Å². The van der Waals surface area contributed by atoms with Crippen LogP contribution >= 0.6 is 23.4 Å². The lowest BCUT2D eigenvalue weighted by molar-refractivity contribution is -0.113. The Morgan fingerprint density at radius 2 is 2.25 bits per heavy atom. The Morgan fingerprint density at radius 1 is 1.45 bits per heavy atom. The number of halogens is 1. The molecule has 0 aliphatic carbocycles. The van der Waals surface area contributed by atoms with E-state index in [-0.39, 0.29) is 11.7 Å². The minimum atomic E-state index is -0.142. The molecule has 1 amide bonds. The molecule has 0 unspecified atom stereocenters. The fourth-order valence-electron chi connectivity index (χ4n) is 1.48. The molecule has 2 aromatic rings. The summed E-state index contributed by atoms with van der Waals surface area (Å²) in [4.78, 5) is 11.9. The van der Waals surface area contributed by atoms with Gasteiger partial charge in [0.15, 0.2) is 0 Å². The first kappa shape index (κ1) is 14.9. The van der Waals surface area contributed by atoms with E-state index < -0.39 is 0 Å². The smallest absolute Gasteiger partial charge is 0.277 e. The van der Waals surface area contributed by atoms with Crippen molar-refractivity contribution in [2.45, 2.75) is 25.5 Å². The van der Waals surface area contributed by atoms with Crippen LogP contribution in [0.25, 0.3) is 0 Å². The van der Waals surface area contributed by atoms with Crippen molar-refractivity contribution in [2.75, 3.05) is 11.1 Å². The number of nitrogens with one attached hydrogen (secondary N) is 1. The zero-order valence-corrected chi connectivity index (χ0v) is 12.7. The molecule has 1 aromatic heterocycles. The summed E-state index contributed by atoms with van der Waals surface area (Å²) >= 11 is 7.11. The van der Waals surface area contributed by atoms with Crippen LogP contribution in [-0.4, -0.2) is 21.9 Å². The van der Waals surface area contributed by atoms with E-state index >= 15 is 0 Å². The molecule has 7 heteroatoms. The van der Waals surface area contributed by atoms with Crippen LogP contribution < -0.4 is 5.32 Å². The molecule has 2 rings (SSSR count). The predicted molar refractivity (Wildman–Crippen MR) is 79.2 cm³/mol. The van der Waals surface area contributed by atoms with E-state index in [1.54, 1.807) is 12.1 Å². The summed E-state index contributed by atoms with van der Waals surface area (Å²) in [6.45, 7) is 3.83. The Morgan fingerprint density at radius 3 is 2.95 bits per heavy atom. The van der Waals surface area contributed by atoms with Crippen molar-refractivity contribution in [3.63, 3.8) is 0 Å². The van der Waals surface area contributed by atoms with Crippen molar-refractivity contribution in [1.82, 2.24) is 10.2 Å². The summed E-state index contributed by atoms with van der Waals surface area (Å²) in [5, 5.41) is 11.5. The molecule has 1 N–H and O–H groups in total. The third-order valence-electron chi connectivity index (χ3n) is 2.55. The molecule has 0 bridgehead atoms. The molecule has 106 valence electrons. The minimum Gasteiger partial charge on any atom is -0.416 e. The van der Waals surface area contributed by atoms with E-state index in [0.29, 0.717) is 28.2 Å².